The molecule has 0 amide bonds. The van der Waals surface area contributed by atoms with Crippen LogP contribution < -0.4 is 11.3 Å². The van der Waals surface area contributed by atoms with Crippen molar-refractivity contribution in [3.05, 3.63) is 48.0 Å². The average Bonchev–Trinajstić information content (AvgIpc) is 3.18. The van der Waals surface area contributed by atoms with Crippen LogP contribution >= 0.6 is 0 Å². The number of benzene rings is 1. The van der Waals surface area contributed by atoms with Crippen LogP contribution in [0.5, 0.6) is 0 Å². The molecule has 0 spiro atoms. The van der Waals surface area contributed by atoms with E-state index in [4.69, 9.17) is 5.84 Å². The van der Waals surface area contributed by atoms with Gasteiger partial charge in [-0.25, -0.2) is 0 Å². The Morgan fingerprint density at radius 2 is 2.06 bits per heavy atom. The molecule has 1 fully saturated rings. The van der Waals surface area contributed by atoms with E-state index in [1.807, 2.05) is 0 Å². The fraction of sp³-hybridized carbons (Fsp3) is 0.467. The predicted octanol–water partition coefficient (Wildman–Crippen LogP) is 2.91. The van der Waals surface area contributed by atoms with Crippen molar-refractivity contribution in [2.24, 2.45) is 5.84 Å². The normalized spacial score (nSPS) is 18.7. The molecule has 0 radical (unpaired) electrons. The van der Waals surface area contributed by atoms with Gasteiger partial charge in [-0.05, 0) is 31.2 Å². The Balaban J connectivity index is 2.16. The molecule has 1 aliphatic carbocycles. The van der Waals surface area contributed by atoms with Crippen LogP contribution in [0.25, 0.3) is 0 Å². The first-order valence-electron chi connectivity index (χ1n) is 6.41. The summed E-state index contributed by atoms with van der Waals surface area (Å²) in [4.78, 5) is 0. The molecule has 92 valence electrons. The highest BCUT2D eigenvalue weighted by atomic mass is 15.2. The molecule has 0 bridgehead atoms. The highest BCUT2D eigenvalue weighted by molar-refractivity contribution is 5.34. The standard InChI is InChI=1S/C15H22N2/c1-3-12(2)11-14(17-16)15(9-10-15)13-7-5-4-6-8-13/h4-8,14,17H,2-3,9-11,16H2,1H3. The summed E-state index contributed by atoms with van der Waals surface area (Å²) in [6.45, 7) is 6.25. The quantitative estimate of drug-likeness (QED) is 0.448. The summed E-state index contributed by atoms with van der Waals surface area (Å²) in [6.07, 6.45) is 4.46. The smallest absolute Gasteiger partial charge is 0.0344 e. The van der Waals surface area contributed by atoms with Crippen molar-refractivity contribution in [2.75, 3.05) is 0 Å². The molecule has 1 saturated carbocycles. The Labute approximate surface area is 104 Å². The molecule has 0 heterocycles. The van der Waals surface area contributed by atoms with Gasteiger partial charge in [0, 0.05) is 11.5 Å². The minimum absolute atomic E-state index is 0.244. The monoisotopic (exact) mass is 230 g/mol. The van der Waals surface area contributed by atoms with Crippen molar-refractivity contribution in [1.82, 2.24) is 5.43 Å². The molecule has 0 aromatic heterocycles. The fourth-order valence-electron chi connectivity index (χ4n) is 2.59. The SMILES string of the molecule is C=C(CC)CC(NN)C1(c2ccccc2)CC1. The number of nitrogens with one attached hydrogen (secondary N) is 1. The van der Waals surface area contributed by atoms with Crippen molar-refractivity contribution >= 4 is 0 Å². The molecule has 1 atom stereocenters. The maximum atomic E-state index is 5.75. The van der Waals surface area contributed by atoms with E-state index in [0.717, 1.165) is 12.8 Å². The van der Waals surface area contributed by atoms with Crippen LogP contribution in [0, 0.1) is 0 Å². The number of hydrogen-bond donors (Lipinski definition) is 2. The number of nitrogens with two attached hydrogens (primary N) is 1. The van der Waals surface area contributed by atoms with Crippen LogP contribution in [0.4, 0.5) is 0 Å². The van der Waals surface area contributed by atoms with E-state index in [-0.39, 0.29) is 5.41 Å². The summed E-state index contributed by atoms with van der Waals surface area (Å²) in [7, 11) is 0. The first-order chi connectivity index (χ1) is 8.23. The molecule has 1 aliphatic rings. The molecule has 2 heteroatoms. The Morgan fingerprint density at radius 1 is 1.41 bits per heavy atom. The van der Waals surface area contributed by atoms with E-state index in [0.29, 0.717) is 6.04 Å². The molecular formula is C15H22N2. The van der Waals surface area contributed by atoms with Gasteiger partial charge in [-0.15, -0.1) is 0 Å². The van der Waals surface area contributed by atoms with Gasteiger partial charge in [-0.3, -0.25) is 11.3 Å². The van der Waals surface area contributed by atoms with Gasteiger partial charge >= 0.3 is 0 Å². The zero-order valence-electron chi connectivity index (χ0n) is 10.6. The number of rotatable bonds is 6. The molecule has 17 heavy (non-hydrogen) atoms. The summed E-state index contributed by atoms with van der Waals surface area (Å²) in [5, 5.41) is 0. The van der Waals surface area contributed by atoms with E-state index < -0.39 is 0 Å². The Hall–Kier alpha value is -1.12. The van der Waals surface area contributed by atoms with Crippen LogP contribution in [-0.2, 0) is 5.41 Å². The molecule has 1 aromatic rings. The van der Waals surface area contributed by atoms with Gasteiger partial charge in [0.1, 0.15) is 0 Å². The maximum absolute atomic E-state index is 5.75. The third-order valence-corrected chi connectivity index (χ3v) is 4.00. The first-order valence-corrected chi connectivity index (χ1v) is 6.41. The first kappa shape index (κ1) is 12.3. The third kappa shape index (κ3) is 2.43. The van der Waals surface area contributed by atoms with E-state index in [1.54, 1.807) is 0 Å². The summed E-state index contributed by atoms with van der Waals surface area (Å²) in [5.41, 5.74) is 5.93. The largest absolute Gasteiger partial charge is 0.271 e. The highest BCUT2D eigenvalue weighted by Gasteiger charge is 2.50. The lowest BCUT2D eigenvalue weighted by Gasteiger charge is -2.27. The van der Waals surface area contributed by atoms with Gasteiger partial charge in [0.15, 0.2) is 0 Å². The number of hydrazine groups is 1. The van der Waals surface area contributed by atoms with Gasteiger partial charge in [0.2, 0.25) is 0 Å². The number of hydrogen-bond acceptors (Lipinski definition) is 2. The second-order valence-corrected chi connectivity index (χ2v) is 5.05. The zero-order chi connectivity index (χ0) is 12.3. The zero-order valence-corrected chi connectivity index (χ0v) is 10.6. The molecular weight excluding hydrogens is 208 g/mol. The maximum Gasteiger partial charge on any atom is 0.0344 e. The molecule has 2 rings (SSSR count). The van der Waals surface area contributed by atoms with Gasteiger partial charge < -0.3 is 0 Å². The van der Waals surface area contributed by atoms with Crippen LogP contribution in [0.2, 0.25) is 0 Å². The predicted molar refractivity (Wildman–Crippen MR) is 72.5 cm³/mol. The Bertz CT molecular complexity index is 379. The third-order valence-electron chi connectivity index (χ3n) is 4.00. The summed E-state index contributed by atoms with van der Waals surface area (Å²) in [6, 6.07) is 11.0. The van der Waals surface area contributed by atoms with Gasteiger partial charge in [0.05, 0.1) is 0 Å². The van der Waals surface area contributed by atoms with Gasteiger partial charge in [-0.1, -0.05) is 49.4 Å². The fourth-order valence-corrected chi connectivity index (χ4v) is 2.59. The van der Waals surface area contributed by atoms with Crippen molar-refractivity contribution < 1.29 is 0 Å². The summed E-state index contributed by atoms with van der Waals surface area (Å²) in [5.74, 6) is 5.75. The highest BCUT2D eigenvalue weighted by Crippen LogP contribution is 2.52. The Kier molecular flexibility index (Phi) is 3.65. The van der Waals surface area contributed by atoms with Crippen LogP contribution in [0.15, 0.2) is 42.5 Å². The van der Waals surface area contributed by atoms with Crippen molar-refractivity contribution in [3.8, 4) is 0 Å². The van der Waals surface area contributed by atoms with E-state index in [9.17, 15) is 0 Å². The summed E-state index contributed by atoms with van der Waals surface area (Å²) >= 11 is 0. The summed E-state index contributed by atoms with van der Waals surface area (Å²) < 4.78 is 0. The molecule has 0 saturated heterocycles. The lowest BCUT2D eigenvalue weighted by atomic mass is 9.84. The van der Waals surface area contributed by atoms with Crippen molar-refractivity contribution in [1.29, 1.82) is 0 Å². The molecule has 1 aromatic carbocycles. The molecule has 1 unspecified atom stereocenters. The second-order valence-electron chi connectivity index (χ2n) is 5.05. The Morgan fingerprint density at radius 3 is 2.53 bits per heavy atom. The van der Waals surface area contributed by atoms with Crippen molar-refractivity contribution in [2.45, 2.75) is 44.1 Å². The van der Waals surface area contributed by atoms with Crippen LogP contribution in [-0.4, -0.2) is 6.04 Å². The molecule has 3 N–H and O–H groups in total. The second kappa shape index (κ2) is 5.03. The van der Waals surface area contributed by atoms with Gasteiger partial charge in [-0.2, -0.15) is 0 Å². The minimum atomic E-state index is 0.244. The molecule has 2 nitrogen and oxygen atoms in total. The minimum Gasteiger partial charge on any atom is -0.271 e. The topological polar surface area (TPSA) is 38.0 Å². The average molecular weight is 230 g/mol. The van der Waals surface area contributed by atoms with Crippen LogP contribution in [0.3, 0.4) is 0 Å². The van der Waals surface area contributed by atoms with E-state index >= 15 is 0 Å². The lowest BCUT2D eigenvalue weighted by molar-refractivity contribution is 0.417. The van der Waals surface area contributed by atoms with E-state index in [2.05, 4.69) is 49.3 Å². The van der Waals surface area contributed by atoms with Crippen molar-refractivity contribution in [3.63, 3.8) is 0 Å². The van der Waals surface area contributed by atoms with Gasteiger partial charge in [0.25, 0.3) is 0 Å². The lowest BCUT2D eigenvalue weighted by Crippen LogP contribution is -2.44. The molecule has 0 aliphatic heterocycles. The van der Waals surface area contributed by atoms with E-state index in [1.165, 1.54) is 24.0 Å². The van der Waals surface area contributed by atoms with Crippen LogP contribution in [0.1, 0.15) is 38.2 Å².